The van der Waals surface area contributed by atoms with E-state index >= 15 is 0 Å². The molecule has 0 unspecified atom stereocenters. The Kier molecular flexibility index (Phi) is 14.4. The molecule has 9 nitrogen and oxygen atoms in total. The highest BCUT2D eigenvalue weighted by molar-refractivity contribution is 6.00. The summed E-state index contributed by atoms with van der Waals surface area (Å²) in [4.78, 5) is 59.4. The van der Waals surface area contributed by atoms with Crippen LogP contribution < -0.4 is 10.1 Å². The summed E-state index contributed by atoms with van der Waals surface area (Å²) in [5.41, 5.74) is 1.11. The van der Waals surface area contributed by atoms with E-state index in [1.807, 2.05) is 51.1 Å². The molecule has 0 bridgehead atoms. The van der Waals surface area contributed by atoms with Crippen molar-refractivity contribution in [3.8, 4) is 5.75 Å². The zero-order valence-corrected chi connectivity index (χ0v) is 28.7. The lowest BCUT2D eigenvalue weighted by Crippen LogP contribution is -2.57. The summed E-state index contributed by atoms with van der Waals surface area (Å²) in [6.07, 6.45) is 5.71. The van der Waals surface area contributed by atoms with Gasteiger partial charge in [0.2, 0.25) is 17.7 Å². The number of likely N-dealkylation sites (tertiary alicyclic amines) is 1. The second kappa shape index (κ2) is 18.2. The lowest BCUT2D eigenvalue weighted by Gasteiger charge is -2.35. The molecule has 0 radical (unpaired) electrons. The maximum absolute atomic E-state index is 14.3. The van der Waals surface area contributed by atoms with Gasteiger partial charge < -0.3 is 24.8 Å². The van der Waals surface area contributed by atoms with Gasteiger partial charge in [-0.05, 0) is 61.8 Å². The van der Waals surface area contributed by atoms with Crippen molar-refractivity contribution in [2.45, 2.75) is 83.8 Å². The van der Waals surface area contributed by atoms with Gasteiger partial charge in [-0.25, -0.2) is 4.39 Å². The molecule has 1 N–H and O–H groups in total. The summed E-state index contributed by atoms with van der Waals surface area (Å²) < 4.78 is 20.0. The Bertz CT molecular complexity index is 1380. The Morgan fingerprint density at radius 2 is 1.72 bits per heavy atom. The van der Waals surface area contributed by atoms with Crippen molar-refractivity contribution in [1.29, 1.82) is 0 Å². The average molecular weight is 651 g/mol. The highest BCUT2D eigenvalue weighted by atomic mass is 19.1. The number of halogens is 1. The van der Waals surface area contributed by atoms with E-state index in [2.05, 4.69) is 5.32 Å². The van der Waals surface area contributed by atoms with Crippen LogP contribution in [0.5, 0.6) is 5.75 Å². The molecule has 4 amide bonds. The summed E-state index contributed by atoms with van der Waals surface area (Å²) in [6, 6.07) is 13.7. The molecule has 0 spiro atoms. The number of carbonyl (C=O) groups excluding carboxylic acids is 4. The molecule has 1 aliphatic rings. The number of hydrogen-bond donors (Lipinski definition) is 1. The molecule has 1 saturated heterocycles. The first-order chi connectivity index (χ1) is 22.4. The van der Waals surface area contributed by atoms with E-state index in [-0.39, 0.29) is 41.6 Å². The van der Waals surface area contributed by atoms with Crippen molar-refractivity contribution in [1.82, 2.24) is 20.0 Å². The first kappa shape index (κ1) is 37.2. The highest BCUT2D eigenvalue weighted by Crippen LogP contribution is 2.25. The number of likely N-dealkylation sites (N-methyl/N-ethyl adjacent to an activating group) is 2. The Labute approximate surface area is 279 Å². The van der Waals surface area contributed by atoms with Gasteiger partial charge in [-0.1, -0.05) is 69.7 Å². The van der Waals surface area contributed by atoms with E-state index in [1.54, 1.807) is 50.3 Å². The smallest absolute Gasteiger partial charge is 0.255 e. The van der Waals surface area contributed by atoms with Gasteiger partial charge in [-0.2, -0.15) is 0 Å². The molecule has 256 valence electrons. The monoisotopic (exact) mass is 650 g/mol. The zero-order valence-electron chi connectivity index (χ0n) is 28.7. The predicted molar refractivity (Wildman–Crippen MR) is 181 cm³/mol. The number of nitrogens with zero attached hydrogens (tertiary/aromatic N) is 3. The largest absolute Gasteiger partial charge is 0.486 e. The lowest BCUT2D eigenvalue weighted by molar-refractivity contribution is -0.149. The normalized spacial score (nSPS) is 16.0. The van der Waals surface area contributed by atoms with E-state index in [9.17, 15) is 23.6 Å². The lowest BCUT2D eigenvalue weighted by atomic mass is 10.0. The Balaban J connectivity index is 1.78. The van der Waals surface area contributed by atoms with Crippen LogP contribution in [0, 0.1) is 5.92 Å². The summed E-state index contributed by atoms with van der Waals surface area (Å²) in [5.74, 6) is -1.52. The standard InChI is InChI=1S/C37H51FN4O5/c1-7-8-10-18-28(38)25-47-33-21-14-13-19-29(33)34(43)39-30(23-26(2)3)35(44)42-22-15-20-31(42)37(46)41(6)32(36(45)40(4)5)24-27-16-11-9-12-17-27/h9,11-14,16-19,21,26,30-32H,7-8,10,15,20,22-25H2,1-6H3,(H,39,43)/b28-18+/t30-,31-,32+/m1/s1. The topological polar surface area (TPSA) is 99.3 Å². The highest BCUT2D eigenvalue weighted by Gasteiger charge is 2.41. The van der Waals surface area contributed by atoms with Gasteiger partial charge in [0.05, 0.1) is 5.56 Å². The van der Waals surface area contributed by atoms with Gasteiger partial charge in [0, 0.05) is 34.1 Å². The van der Waals surface area contributed by atoms with E-state index in [0.717, 1.165) is 18.4 Å². The first-order valence-electron chi connectivity index (χ1n) is 16.6. The quantitative estimate of drug-likeness (QED) is 0.245. The fourth-order valence-electron chi connectivity index (χ4n) is 5.78. The van der Waals surface area contributed by atoms with Crippen molar-refractivity contribution in [2.24, 2.45) is 5.92 Å². The predicted octanol–water partition coefficient (Wildman–Crippen LogP) is 5.40. The van der Waals surface area contributed by atoms with Gasteiger partial charge in [-0.15, -0.1) is 0 Å². The fraction of sp³-hybridized carbons (Fsp3) is 0.514. The zero-order chi connectivity index (χ0) is 34.5. The fourth-order valence-corrected chi connectivity index (χ4v) is 5.78. The van der Waals surface area contributed by atoms with Crippen LogP contribution in [0.4, 0.5) is 4.39 Å². The van der Waals surface area contributed by atoms with E-state index < -0.39 is 29.9 Å². The number of amides is 4. The number of nitrogens with one attached hydrogen (secondary N) is 1. The molecule has 3 rings (SSSR count). The molecule has 0 saturated carbocycles. The van der Waals surface area contributed by atoms with Crippen molar-refractivity contribution in [3.05, 3.63) is 77.6 Å². The number of allylic oxidation sites excluding steroid dienone is 1. The molecule has 2 aromatic rings. The number of carbonyl (C=O) groups is 4. The first-order valence-corrected chi connectivity index (χ1v) is 16.6. The molecule has 3 atom stereocenters. The molecular formula is C37H51FN4O5. The summed E-state index contributed by atoms with van der Waals surface area (Å²) in [7, 11) is 4.94. The van der Waals surface area contributed by atoms with Gasteiger partial charge in [0.25, 0.3) is 5.91 Å². The summed E-state index contributed by atoms with van der Waals surface area (Å²) in [6.45, 7) is 6.01. The molecule has 0 aliphatic carbocycles. The van der Waals surface area contributed by atoms with Crippen molar-refractivity contribution in [2.75, 3.05) is 34.3 Å². The van der Waals surface area contributed by atoms with Gasteiger partial charge in [-0.3, -0.25) is 19.2 Å². The number of ether oxygens (including phenoxy) is 1. The molecular weight excluding hydrogens is 599 g/mol. The molecule has 0 aromatic heterocycles. The molecule has 10 heteroatoms. The number of benzene rings is 2. The Morgan fingerprint density at radius 1 is 1.04 bits per heavy atom. The van der Waals surface area contributed by atoms with Crippen LogP contribution in [-0.4, -0.2) is 90.7 Å². The number of hydrogen-bond acceptors (Lipinski definition) is 5. The number of para-hydroxylation sites is 1. The minimum absolute atomic E-state index is 0.0606. The Morgan fingerprint density at radius 3 is 2.38 bits per heavy atom. The molecule has 1 aliphatic heterocycles. The third kappa shape index (κ3) is 10.7. The van der Waals surface area contributed by atoms with Crippen LogP contribution in [0.2, 0.25) is 0 Å². The average Bonchev–Trinajstić information content (AvgIpc) is 3.55. The van der Waals surface area contributed by atoms with Gasteiger partial charge in [0.1, 0.15) is 36.3 Å². The second-order valence-electron chi connectivity index (χ2n) is 12.8. The van der Waals surface area contributed by atoms with Crippen LogP contribution in [0.1, 0.15) is 75.2 Å². The van der Waals surface area contributed by atoms with Crippen molar-refractivity contribution in [3.63, 3.8) is 0 Å². The van der Waals surface area contributed by atoms with E-state index in [0.29, 0.717) is 38.6 Å². The minimum atomic E-state index is -0.900. The van der Waals surface area contributed by atoms with Crippen LogP contribution in [0.3, 0.4) is 0 Å². The third-order valence-corrected chi connectivity index (χ3v) is 8.37. The maximum atomic E-state index is 14.3. The van der Waals surface area contributed by atoms with Crippen LogP contribution in [-0.2, 0) is 20.8 Å². The van der Waals surface area contributed by atoms with Crippen LogP contribution >= 0.6 is 0 Å². The van der Waals surface area contributed by atoms with E-state index in [4.69, 9.17) is 4.74 Å². The van der Waals surface area contributed by atoms with Crippen LogP contribution in [0.25, 0.3) is 0 Å². The molecule has 1 heterocycles. The summed E-state index contributed by atoms with van der Waals surface area (Å²) in [5, 5.41) is 2.88. The molecule has 47 heavy (non-hydrogen) atoms. The molecule has 1 fully saturated rings. The van der Waals surface area contributed by atoms with Crippen molar-refractivity contribution >= 4 is 23.6 Å². The SMILES string of the molecule is CCCC/C=C(/F)COc1ccccc1C(=O)N[C@H](CC(C)C)C(=O)N1CCC[C@@H]1C(=O)N(C)[C@@H](Cc1ccccc1)C(=O)N(C)C. The van der Waals surface area contributed by atoms with Crippen LogP contribution in [0.15, 0.2) is 66.5 Å². The van der Waals surface area contributed by atoms with Crippen molar-refractivity contribution < 1.29 is 28.3 Å². The molecule has 2 aromatic carbocycles. The van der Waals surface area contributed by atoms with Gasteiger partial charge >= 0.3 is 0 Å². The minimum Gasteiger partial charge on any atom is -0.486 e. The Hall–Kier alpha value is -4.21. The number of rotatable bonds is 16. The summed E-state index contributed by atoms with van der Waals surface area (Å²) >= 11 is 0. The van der Waals surface area contributed by atoms with E-state index in [1.165, 1.54) is 15.9 Å². The third-order valence-electron chi connectivity index (χ3n) is 8.37. The van der Waals surface area contributed by atoms with Gasteiger partial charge in [0.15, 0.2) is 0 Å². The maximum Gasteiger partial charge on any atom is 0.255 e. The number of unbranched alkanes of at least 4 members (excludes halogenated alkanes) is 2. The second-order valence-corrected chi connectivity index (χ2v) is 12.8.